The summed E-state index contributed by atoms with van der Waals surface area (Å²) < 4.78 is 0. The quantitative estimate of drug-likeness (QED) is 0.567. The topological polar surface area (TPSA) is 39.7 Å². The maximum atomic E-state index is 4.24. The summed E-state index contributed by atoms with van der Waals surface area (Å²) in [6, 6.07) is 4.20. The van der Waals surface area contributed by atoms with Crippen LogP contribution in [-0.2, 0) is 6.54 Å². The van der Waals surface area contributed by atoms with Gasteiger partial charge in [-0.25, -0.2) is 0 Å². The molecule has 0 saturated heterocycles. The third-order valence-corrected chi connectivity index (χ3v) is 3.82. The van der Waals surface area contributed by atoms with Crippen molar-refractivity contribution < 1.29 is 0 Å². The van der Waals surface area contributed by atoms with Gasteiger partial charge >= 0.3 is 0 Å². The molecule has 108 valence electrons. The smallest absolute Gasteiger partial charge is 0.191 e. The summed E-state index contributed by atoms with van der Waals surface area (Å²) >= 11 is 1.76. The molecule has 0 bridgehead atoms. The van der Waals surface area contributed by atoms with E-state index in [2.05, 4.69) is 51.9 Å². The monoisotopic (exact) mass is 282 g/mol. The highest BCUT2D eigenvalue weighted by atomic mass is 32.1. The molecule has 0 atom stereocenters. The number of nitrogens with one attached hydrogen (secondary N) is 2. The molecule has 0 fully saturated rings. The van der Waals surface area contributed by atoms with Crippen molar-refractivity contribution in [3.63, 3.8) is 0 Å². The van der Waals surface area contributed by atoms with Crippen LogP contribution in [-0.4, -0.2) is 44.1 Å². The molecule has 0 aliphatic heterocycles. The van der Waals surface area contributed by atoms with Gasteiger partial charge in [-0.2, -0.15) is 0 Å². The van der Waals surface area contributed by atoms with Crippen molar-refractivity contribution in [2.45, 2.75) is 26.8 Å². The summed E-state index contributed by atoms with van der Waals surface area (Å²) in [5.74, 6) is 0.876. The third kappa shape index (κ3) is 6.59. The Labute approximate surface area is 120 Å². The van der Waals surface area contributed by atoms with Crippen molar-refractivity contribution in [2.75, 3.05) is 33.2 Å². The Morgan fingerprint density at radius 1 is 1.32 bits per heavy atom. The SMILES string of the molecule is CCCN(CC)CCNC(=NC)NCc1cccs1. The summed E-state index contributed by atoms with van der Waals surface area (Å²) in [7, 11) is 1.81. The molecule has 1 aromatic heterocycles. The lowest BCUT2D eigenvalue weighted by atomic mass is 10.4. The van der Waals surface area contributed by atoms with Crippen LogP contribution < -0.4 is 10.6 Å². The number of likely N-dealkylation sites (N-methyl/N-ethyl adjacent to an activating group) is 1. The molecule has 0 radical (unpaired) electrons. The lowest BCUT2D eigenvalue weighted by Gasteiger charge is -2.20. The molecule has 19 heavy (non-hydrogen) atoms. The molecule has 5 heteroatoms. The van der Waals surface area contributed by atoms with E-state index >= 15 is 0 Å². The Morgan fingerprint density at radius 3 is 2.74 bits per heavy atom. The molecule has 0 aromatic carbocycles. The van der Waals surface area contributed by atoms with Gasteiger partial charge in [0.1, 0.15) is 0 Å². The van der Waals surface area contributed by atoms with Crippen LogP contribution in [0.2, 0.25) is 0 Å². The maximum absolute atomic E-state index is 4.24. The number of hydrogen-bond acceptors (Lipinski definition) is 3. The first-order chi connectivity index (χ1) is 9.30. The van der Waals surface area contributed by atoms with Crippen LogP contribution in [0.1, 0.15) is 25.1 Å². The molecule has 1 rings (SSSR count). The maximum Gasteiger partial charge on any atom is 0.191 e. The minimum absolute atomic E-state index is 0.837. The zero-order chi connectivity index (χ0) is 13.9. The van der Waals surface area contributed by atoms with Gasteiger partial charge in [0, 0.05) is 25.0 Å². The first-order valence-electron chi connectivity index (χ1n) is 6.99. The summed E-state index contributed by atoms with van der Waals surface area (Å²) in [5.41, 5.74) is 0. The lowest BCUT2D eigenvalue weighted by molar-refractivity contribution is 0.293. The van der Waals surface area contributed by atoms with E-state index in [0.29, 0.717) is 0 Å². The van der Waals surface area contributed by atoms with E-state index in [4.69, 9.17) is 0 Å². The highest BCUT2D eigenvalue weighted by Gasteiger charge is 2.02. The van der Waals surface area contributed by atoms with E-state index < -0.39 is 0 Å². The normalized spacial score (nSPS) is 11.9. The average Bonchev–Trinajstić information content (AvgIpc) is 2.94. The zero-order valence-corrected chi connectivity index (χ0v) is 13.1. The summed E-state index contributed by atoms with van der Waals surface area (Å²) in [6.45, 7) is 9.53. The molecular weight excluding hydrogens is 256 g/mol. The highest BCUT2D eigenvalue weighted by Crippen LogP contribution is 2.06. The molecule has 0 unspecified atom stereocenters. The van der Waals surface area contributed by atoms with Crippen LogP contribution >= 0.6 is 11.3 Å². The van der Waals surface area contributed by atoms with Gasteiger partial charge in [0.25, 0.3) is 0 Å². The first-order valence-corrected chi connectivity index (χ1v) is 7.87. The van der Waals surface area contributed by atoms with Gasteiger partial charge in [-0.1, -0.05) is 19.9 Å². The minimum atomic E-state index is 0.837. The molecule has 0 aliphatic rings. The fourth-order valence-corrected chi connectivity index (χ4v) is 2.53. The highest BCUT2D eigenvalue weighted by molar-refractivity contribution is 7.09. The van der Waals surface area contributed by atoms with Gasteiger partial charge in [-0.15, -0.1) is 11.3 Å². The molecular formula is C14H26N4S. The molecule has 0 aliphatic carbocycles. The van der Waals surface area contributed by atoms with Crippen LogP contribution in [0.25, 0.3) is 0 Å². The Morgan fingerprint density at radius 2 is 2.16 bits per heavy atom. The molecule has 4 nitrogen and oxygen atoms in total. The van der Waals surface area contributed by atoms with Crippen molar-refractivity contribution in [3.05, 3.63) is 22.4 Å². The van der Waals surface area contributed by atoms with Crippen LogP contribution in [0.4, 0.5) is 0 Å². The minimum Gasteiger partial charge on any atom is -0.355 e. The Bertz CT molecular complexity index is 348. The molecule has 0 amide bonds. The van der Waals surface area contributed by atoms with Gasteiger partial charge in [0.15, 0.2) is 5.96 Å². The van der Waals surface area contributed by atoms with Crippen molar-refractivity contribution in [2.24, 2.45) is 4.99 Å². The molecule has 2 N–H and O–H groups in total. The predicted molar refractivity (Wildman–Crippen MR) is 84.9 cm³/mol. The number of nitrogens with zero attached hydrogens (tertiary/aromatic N) is 2. The number of guanidine groups is 1. The fraction of sp³-hybridized carbons (Fsp3) is 0.643. The predicted octanol–water partition coefficient (Wildman–Crippen LogP) is 2.15. The van der Waals surface area contributed by atoms with Crippen LogP contribution in [0, 0.1) is 0 Å². The molecule has 0 saturated carbocycles. The van der Waals surface area contributed by atoms with Crippen molar-refractivity contribution in [3.8, 4) is 0 Å². The fourth-order valence-electron chi connectivity index (χ4n) is 1.88. The van der Waals surface area contributed by atoms with Crippen molar-refractivity contribution in [1.82, 2.24) is 15.5 Å². The van der Waals surface area contributed by atoms with Crippen LogP contribution in [0.5, 0.6) is 0 Å². The van der Waals surface area contributed by atoms with Gasteiger partial charge in [0.2, 0.25) is 0 Å². The Hall–Kier alpha value is -1.07. The summed E-state index contributed by atoms with van der Waals surface area (Å²) in [4.78, 5) is 8.00. The summed E-state index contributed by atoms with van der Waals surface area (Å²) in [6.07, 6.45) is 1.21. The van der Waals surface area contributed by atoms with E-state index in [-0.39, 0.29) is 0 Å². The Kier molecular flexibility index (Phi) is 8.25. The van der Waals surface area contributed by atoms with Crippen LogP contribution in [0.3, 0.4) is 0 Å². The van der Waals surface area contributed by atoms with E-state index in [1.807, 2.05) is 7.05 Å². The number of aliphatic imine (C=N–C) groups is 1. The van der Waals surface area contributed by atoms with Gasteiger partial charge < -0.3 is 15.5 Å². The van der Waals surface area contributed by atoms with E-state index in [1.165, 1.54) is 17.8 Å². The Balaban J connectivity index is 2.21. The van der Waals surface area contributed by atoms with Crippen molar-refractivity contribution >= 4 is 17.3 Å². The zero-order valence-electron chi connectivity index (χ0n) is 12.3. The number of rotatable bonds is 8. The number of thiophene rings is 1. The molecule has 1 heterocycles. The molecule has 0 spiro atoms. The van der Waals surface area contributed by atoms with Crippen molar-refractivity contribution in [1.29, 1.82) is 0 Å². The lowest BCUT2D eigenvalue weighted by Crippen LogP contribution is -2.41. The first kappa shape index (κ1) is 16.0. The van der Waals surface area contributed by atoms with Gasteiger partial charge in [-0.3, -0.25) is 4.99 Å². The largest absolute Gasteiger partial charge is 0.355 e. The van der Waals surface area contributed by atoms with Crippen LogP contribution in [0.15, 0.2) is 22.5 Å². The van der Waals surface area contributed by atoms with Gasteiger partial charge in [-0.05, 0) is 31.0 Å². The number of hydrogen-bond donors (Lipinski definition) is 2. The standard InChI is InChI=1S/C14H26N4S/c1-4-9-18(5-2)10-8-16-14(15-3)17-12-13-7-6-11-19-13/h6-7,11H,4-5,8-10,12H2,1-3H3,(H2,15,16,17). The second-order valence-corrected chi connectivity index (χ2v) is 5.40. The third-order valence-electron chi connectivity index (χ3n) is 2.94. The van der Waals surface area contributed by atoms with E-state index in [1.54, 1.807) is 11.3 Å². The summed E-state index contributed by atoms with van der Waals surface area (Å²) in [5, 5.41) is 8.78. The van der Waals surface area contributed by atoms with E-state index in [9.17, 15) is 0 Å². The average molecular weight is 282 g/mol. The van der Waals surface area contributed by atoms with E-state index in [0.717, 1.165) is 32.1 Å². The molecule has 1 aromatic rings. The van der Waals surface area contributed by atoms with Gasteiger partial charge in [0.05, 0.1) is 6.54 Å². The second-order valence-electron chi connectivity index (χ2n) is 4.37. The second kappa shape index (κ2) is 9.81.